The summed E-state index contributed by atoms with van der Waals surface area (Å²) in [6, 6.07) is 6.98. The Hall–Kier alpha value is -1.88. The molecule has 0 spiro atoms. The van der Waals surface area contributed by atoms with Crippen LogP contribution in [0.1, 0.15) is 43.6 Å². The molecule has 5 heteroatoms. The number of carbonyl (C=O) groups is 2. The number of amides is 1. The van der Waals surface area contributed by atoms with Gasteiger partial charge in [0.2, 0.25) is 0 Å². The fourth-order valence-corrected chi connectivity index (χ4v) is 1.60. The average Bonchev–Trinajstić information content (AvgIpc) is 2.45. The van der Waals surface area contributed by atoms with Crippen LogP contribution in [0.4, 0.5) is 0 Å². The Balaban J connectivity index is 2.56. The van der Waals surface area contributed by atoms with E-state index in [9.17, 15) is 9.59 Å². The molecule has 1 aromatic carbocycles. The molecule has 1 N–H and O–H groups in total. The molecule has 0 aliphatic carbocycles. The average molecular weight is 293 g/mol. The second-order valence-electron chi connectivity index (χ2n) is 5.00. The van der Waals surface area contributed by atoms with Crippen LogP contribution in [0.5, 0.6) is 0 Å². The first-order valence-electron chi connectivity index (χ1n) is 7.13. The van der Waals surface area contributed by atoms with Crippen molar-refractivity contribution in [3.63, 3.8) is 0 Å². The Morgan fingerprint density at radius 2 is 1.76 bits per heavy atom. The number of hydrogen-bond acceptors (Lipinski definition) is 4. The first kappa shape index (κ1) is 17.2. The molecule has 0 saturated carbocycles. The van der Waals surface area contributed by atoms with Crippen LogP contribution in [0, 0.1) is 0 Å². The largest absolute Gasteiger partial charge is 0.449 e. The topological polar surface area (TPSA) is 64.6 Å². The van der Waals surface area contributed by atoms with Gasteiger partial charge in [-0.15, -0.1) is 0 Å². The predicted molar refractivity (Wildman–Crippen MR) is 79.9 cm³/mol. The van der Waals surface area contributed by atoms with Crippen molar-refractivity contribution in [2.45, 2.75) is 46.5 Å². The summed E-state index contributed by atoms with van der Waals surface area (Å²) in [6.45, 7) is 8.30. The maximum Gasteiger partial charge on any atom is 0.338 e. The molecule has 0 radical (unpaired) electrons. The number of nitrogens with one attached hydrogen (secondary N) is 1. The maximum absolute atomic E-state index is 11.9. The van der Waals surface area contributed by atoms with Gasteiger partial charge in [0, 0.05) is 6.54 Å². The van der Waals surface area contributed by atoms with E-state index in [-0.39, 0.29) is 12.0 Å². The molecule has 1 aromatic rings. The van der Waals surface area contributed by atoms with Gasteiger partial charge in [-0.05, 0) is 45.4 Å². The van der Waals surface area contributed by atoms with Crippen molar-refractivity contribution in [1.29, 1.82) is 0 Å². The number of hydrogen-bond donors (Lipinski definition) is 1. The van der Waals surface area contributed by atoms with Gasteiger partial charge in [-0.25, -0.2) is 4.79 Å². The monoisotopic (exact) mass is 293 g/mol. The summed E-state index contributed by atoms with van der Waals surface area (Å²) in [4.78, 5) is 23.4. The van der Waals surface area contributed by atoms with E-state index in [4.69, 9.17) is 9.47 Å². The van der Waals surface area contributed by atoms with E-state index in [2.05, 4.69) is 5.32 Å². The Morgan fingerprint density at radius 3 is 2.29 bits per heavy atom. The maximum atomic E-state index is 11.9. The summed E-state index contributed by atoms with van der Waals surface area (Å²) >= 11 is 0. The lowest BCUT2D eigenvalue weighted by Crippen LogP contribution is -2.35. The van der Waals surface area contributed by atoms with Gasteiger partial charge in [0.05, 0.1) is 18.3 Å². The number of carbonyl (C=O) groups excluding carboxylic acids is 2. The van der Waals surface area contributed by atoms with Crippen LogP contribution in [0.15, 0.2) is 24.3 Å². The van der Waals surface area contributed by atoms with Crippen molar-refractivity contribution in [3.8, 4) is 0 Å². The number of likely N-dealkylation sites (N-methyl/N-ethyl adjacent to an activating group) is 1. The van der Waals surface area contributed by atoms with Crippen LogP contribution in [0.3, 0.4) is 0 Å². The summed E-state index contributed by atoms with van der Waals surface area (Å²) in [7, 11) is 0. The molecule has 0 aromatic heterocycles. The van der Waals surface area contributed by atoms with E-state index in [0.29, 0.717) is 18.7 Å². The first-order chi connectivity index (χ1) is 9.93. The van der Waals surface area contributed by atoms with Crippen molar-refractivity contribution < 1.29 is 19.1 Å². The van der Waals surface area contributed by atoms with Crippen molar-refractivity contribution in [2.75, 3.05) is 6.54 Å². The molecule has 1 rings (SSSR count). The van der Waals surface area contributed by atoms with Gasteiger partial charge in [-0.2, -0.15) is 0 Å². The van der Waals surface area contributed by atoms with Crippen molar-refractivity contribution in [3.05, 3.63) is 35.4 Å². The molecule has 1 amide bonds. The molecule has 116 valence electrons. The lowest BCUT2D eigenvalue weighted by atomic mass is 10.1. The summed E-state index contributed by atoms with van der Waals surface area (Å²) in [5, 5.41) is 2.61. The highest BCUT2D eigenvalue weighted by molar-refractivity contribution is 5.92. The van der Waals surface area contributed by atoms with Gasteiger partial charge < -0.3 is 14.8 Å². The lowest BCUT2D eigenvalue weighted by molar-refractivity contribution is -0.128. The molecule has 1 atom stereocenters. The molecular weight excluding hydrogens is 270 g/mol. The predicted octanol–water partition coefficient (Wildman–Crippen LogP) is 2.29. The number of benzene rings is 1. The molecule has 0 unspecified atom stereocenters. The molecular formula is C16H23NO4. The summed E-state index contributed by atoms with van der Waals surface area (Å²) in [5.41, 5.74) is 1.40. The van der Waals surface area contributed by atoms with Crippen molar-refractivity contribution in [1.82, 2.24) is 5.32 Å². The van der Waals surface area contributed by atoms with Crippen LogP contribution in [-0.2, 0) is 20.9 Å². The number of rotatable bonds is 7. The lowest BCUT2D eigenvalue weighted by Gasteiger charge is -2.13. The highest BCUT2D eigenvalue weighted by atomic mass is 16.5. The van der Waals surface area contributed by atoms with Gasteiger partial charge in [-0.1, -0.05) is 12.1 Å². The van der Waals surface area contributed by atoms with Crippen LogP contribution in [0.25, 0.3) is 0 Å². The molecule has 21 heavy (non-hydrogen) atoms. The third-order valence-electron chi connectivity index (χ3n) is 2.78. The fourth-order valence-electron chi connectivity index (χ4n) is 1.60. The third kappa shape index (κ3) is 5.95. The van der Waals surface area contributed by atoms with Crippen molar-refractivity contribution >= 4 is 11.9 Å². The van der Waals surface area contributed by atoms with Crippen LogP contribution in [0.2, 0.25) is 0 Å². The summed E-state index contributed by atoms with van der Waals surface area (Å²) < 4.78 is 10.6. The second-order valence-corrected chi connectivity index (χ2v) is 5.00. The molecule has 5 nitrogen and oxygen atoms in total. The van der Waals surface area contributed by atoms with Crippen LogP contribution >= 0.6 is 0 Å². The van der Waals surface area contributed by atoms with Gasteiger partial charge in [0.1, 0.15) is 0 Å². The summed E-state index contributed by atoms with van der Waals surface area (Å²) in [6.07, 6.45) is -0.644. The van der Waals surface area contributed by atoms with Gasteiger partial charge in [0.25, 0.3) is 5.91 Å². The van der Waals surface area contributed by atoms with Gasteiger partial charge >= 0.3 is 5.97 Å². The SMILES string of the molecule is CCNC(=O)[C@H](C)OC(=O)c1ccc(COC(C)C)cc1. The van der Waals surface area contributed by atoms with Crippen LogP contribution < -0.4 is 5.32 Å². The van der Waals surface area contributed by atoms with Crippen LogP contribution in [-0.4, -0.2) is 30.6 Å². The van der Waals surface area contributed by atoms with Crippen molar-refractivity contribution in [2.24, 2.45) is 0 Å². The second kappa shape index (κ2) is 8.42. The van der Waals surface area contributed by atoms with E-state index < -0.39 is 12.1 Å². The normalized spacial score (nSPS) is 12.0. The Bertz CT molecular complexity index is 468. The zero-order chi connectivity index (χ0) is 15.8. The van der Waals surface area contributed by atoms with E-state index in [1.807, 2.05) is 32.9 Å². The summed E-state index contributed by atoms with van der Waals surface area (Å²) in [5.74, 6) is -0.808. The standard InChI is InChI=1S/C16H23NO4/c1-5-17-15(18)12(4)21-16(19)14-8-6-13(7-9-14)10-20-11(2)3/h6-9,11-12H,5,10H2,1-4H3,(H,17,18)/t12-/m0/s1. The zero-order valence-corrected chi connectivity index (χ0v) is 13.0. The van der Waals surface area contributed by atoms with E-state index in [1.165, 1.54) is 0 Å². The quantitative estimate of drug-likeness (QED) is 0.783. The van der Waals surface area contributed by atoms with E-state index >= 15 is 0 Å². The molecule has 0 fully saturated rings. The smallest absolute Gasteiger partial charge is 0.338 e. The first-order valence-corrected chi connectivity index (χ1v) is 7.13. The highest BCUT2D eigenvalue weighted by Gasteiger charge is 2.17. The van der Waals surface area contributed by atoms with Gasteiger partial charge in [-0.3, -0.25) is 4.79 Å². The molecule has 0 aliphatic rings. The number of ether oxygens (including phenoxy) is 2. The van der Waals surface area contributed by atoms with Gasteiger partial charge in [0.15, 0.2) is 6.10 Å². The highest BCUT2D eigenvalue weighted by Crippen LogP contribution is 2.09. The Labute approximate surface area is 125 Å². The minimum atomic E-state index is -0.804. The van der Waals surface area contributed by atoms with E-state index in [1.54, 1.807) is 19.1 Å². The molecule has 0 bridgehead atoms. The number of esters is 1. The fraction of sp³-hybridized carbons (Fsp3) is 0.500. The minimum absolute atomic E-state index is 0.160. The zero-order valence-electron chi connectivity index (χ0n) is 13.0. The molecule has 0 aliphatic heterocycles. The Morgan fingerprint density at radius 1 is 1.14 bits per heavy atom. The molecule has 0 heterocycles. The Kier molecular flexibility index (Phi) is 6.88. The van der Waals surface area contributed by atoms with E-state index in [0.717, 1.165) is 5.56 Å². The minimum Gasteiger partial charge on any atom is -0.449 e. The molecule has 0 saturated heterocycles. The third-order valence-corrected chi connectivity index (χ3v) is 2.78.